The van der Waals surface area contributed by atoms with E-state index in [9.17, 15) is 13.4 Å². The molecule has 1 fully saturated rings. The van der Waals surface area contributed by atoms with Crippen molar-refractivity contribution in [3.05, 3.63) is 40.8 Å². The number of hydrogen-bond acceptors (Lipinski definition) is 5. The van der Waals surface area contributed by atoms with Gasteiger partial charge in [0.05, 0.1) is 11.4 Å². The summed E-state index contributed by atoms with van der Waals surface area (Å²) in [5.74, 6) is 1.06. The van der Waals surface area contributed by atoms with Gasteiger partial charge < -0.3 is 15.4 Å². The van der Waals surface area contributed by atoms with E-state index in [0.717, 1.165) is 30.5 Å². The van der Waals surface area contributed by atoms with Crippen LogP contribution in [0.2, 0.25) is 0 Å². The number of nitrogens with zero attached hydrogens (tertiary/aromatic N) is 1. The van der Waals surface area contributed by atoms with E-state index < -0.39 is 10.8 Å². The molecule has 0 spiro atoms. The quantitative estimate of drug-likeness (QED) is 0.683. The maximum Gasteiger partial charge on any atom is 0.407 e. The van der Waals surface area contributed by atoms with Gasteiger partial charge in [-0.2, -0.15) is 5.10 Å². The molecule has 3 N–H and O–H groups in total. The van der Waals surface area contributed by atoms with E-state index in [4.69, 9.17) is 4.74 Å². The topological polar surface area (TPSA) is 96.1 Å². The Morgan fingerprint density at radius 3 is 2.97 bits per heavy atom. The molecule has 0 saturated heterocycles. The summed E-state index contributed by atoms with van der Waals surface area (Å²) in [6.07, 6.45) is 1.92. The van der Waals surface area contributed by atoms with Crippen LogP contribution in [-0.2, 0) is 27.0 Å². The first-order valence-corrected chi connectivity index (χ1v) is 11.3. The fourth-order valence-corrected chi connectivity index (χ4v) is 5.29. The summed E-state index contributed by atoms with van der Waals surface area (Å²) in [5, 5.41) is 13.0. The second kappa shape index (κ2) is 8.14. The molecule has 0 radical (unpaired) electrons. The van der Waals surface area contributed by atoms with Crippen LogP contribution in [0.4, 0.5) is 20.7 Å². The average Bonchev–Trinajstić information content (AvgIpc) is 3.36. The van der Waals surface area contributed by atoms with E-state index in [-0.39, 0.29) is 35.7 Å². The first-order valence-electron chi connectivity index (χ1n) is 9.83. The summed E-state index contributed by atoms with van der Waals surface area (Å²) >= 11 is 0. The lowest BCUT2D eigenvalue weighted by atomic mass is 10.0. The number of aromatic amines is 1. The van der Waals surface area contributed by atoms with Crippen LogP contribution in [0.1, 0.15) is 55.8 Å². The number of carbonyl (C=O) groups is 1. The molecule has 156 valence electrons. The van der Waals surface area contributed by atoms with Crippen LogP contribution in [0.3, 0.4) is 0 Å². The highest BCUT2D eigenvalue weighted by molar-refractivity contribution is 7.83. The van der Waals surface area contributed by atoms with Crippen LogP contribution in [0.5, 0.6) is 0 Å². The van der Waals surface area contributed by atoms with Crippen molar-refractivity contribution in [3.63, 3.8) is 0 Å². The van der Waals surface area contributed by atoms with Crippen molar-refractivity contribution < 1.29 is 18.1 Å². The third kappa shape index (κ3) is 4.44. The second-order valence-corrected chi connectivity index (χ2v) is 9.42. The lowest BCUT2D eigenvalue weighted by Gasteiger charge is -2.14. The molecule has 9 heteroatoms. The van der Waals surface area contributed by atoms with Crippen molar-refractivity contribution in [2.45, 2.75) is 62.7 Å². The molecule has 2 aromatic rings. The van der Waals surface area contributed by atoms with Crippen LogP contribution < -0.4 is 10.6 Å². The zero-order valence-electron chi connectivity index (χ0n) is 16.5. The van der Waals surface area contributed by atoms with Gasteiger partial charge in [0.1, 0.15) is 6.10 Å². The molecule has 1 amide bonds. The summed E-state index contributed by atoms with van der Waals surface area (Å²) in [4.78, 5) is 11.8. The number of ether oxygens (including phenoxy) is 1. The maximum atomic E-state index is 14.7. The molecular formula is C20H25FN4O3S. The van der Waals surface area contributed by atoms with E-state index in [1.807, 2.05) is 26.0 Å². The number of aromatic nitrogens is 2. The minimum atomic E-state index is -1.02. The van der Waals surface area contributed by atoms with Gasteiger partial charge in [-0.25, -0.2) is 9.18 Å². The zero-order chi connectivity index (χ0) is 20.5. The number of rotatable bonds is 5. The number of anilines is 2. The molecule has 29 heavy (non-hydrogen) atoms. The number of H-pyrrole nitrogens is 1. The predicted molar refractivity (Wildman–Crippen MR) is 109 cm³/mol. The SMILES string of the molecule is CC(C)NC(=O)O[C@H]1CC[C@@H](c2cc(Nc3ccc4c(c3F)CS(=O)C4)n[nH]2)C1. The Morgan fingerprint density at radius 1 is 1.34 bits per heavy atom. The van der Waals surface area contributed by atoms with Gasteiger partial charge in [0.2, 0.25) is 0 Å². The highest BCUT2D eigenvalue weighted by Gasteiger charge is 2.30. The van der Waals surface area contributed by atoms with Crippen molar-refractivity contribution in [1.82, 2.24) is 15.5 Å². The lowest BCUT2D eigenvalue weighted by Crippen LogP contribution is -2.33. The standard InChI is InChI=1S/C20H25FN4O3S/c1-11(2)22-20(26)28-14-5-3-12(7-14)17-8-18(25-24-17)23-16-6-4-13-9-29(27)10-15(13)19(16)21/h4,6,8,11-12,14H,3,5,7,9-10H2,1-2H3,(H,22,26)(H2,23,24,25)/t12-,14+,29?/m1/s1. The summed E-state index contributed by atoms with van der Waals surface area (Å²) in [6, 6.07) is 5.39. The van der Waals surface area contributed by atoms with Crippen LogP contribution in [0.15, 0.2) is 18.2 Å². The largest absolute Gasteiger partial charge is 0.446 e. The zero-order valence-corrected chi connectivity index (χ0v) is 17.3. The van der Waals surface area contributed by atoms with Crippen molar-refractivity contribution >= 4 is 28.4 Å². The normalized spacial score (nSPS) is 23.2. The second-order valence-electron chi connectivity index (χ2n) is 7.96. The molecule has 1 aliphatic carbocycles. The van der Waals surface area contributed by atoms with Gasteiger partial charge >= 0.3 is 6.09 Å². The molecule has 1 aromatic heterocycles. The highest BCUT2D eigenvalue weighted by Crippen LogP contribution is 2.36. The minimum absolute atomic E-state index is 0.0422. The molecule has 1 aromatic carbocycles. The number of carbonyl (C=O) groups excluding carboxylic acids is 1. The monoisotopic (exact) mass is 420 g/mol. The first kappa shape index (κ1) is 19.9. The number of hydrogen-bond donors (Lipinski definition) is 3. The Morgan fingerprint density at radius 2 is 2.17 bits per heavy atom. The van der Waals surface area contributed by atoms with E-state index in [1.165, 1.54) is 0 Å². The Kier molecular flexibility index (Phi) is 5.58. The third-order valence-corrected chi connectivity index (χ3v) is 6.57. The maximum absolute atomic E-state index is 14.7. The first-order chi connectivity index (χ1) is 13.9. The Labute approximate surface area is 171 Å². The molecule has 4 rings (SSSR count). The predicted octanol–water partition coefficient (Wildman–Crippen LogP) is 3.83. The molecule has 1 aliphatic heterocycles. The lowest BCUT2D eigenvalue weighted by molar-refractivity contribution is 0.0981. The molecule has 7 nitrogen and oxygen atoms in total. The number of fused-ring (bicyclic) bond motifs is 1. The summed E-state index contributed by atoms with van der Waals surface area (Å²) in [5.41, 5.74) is 2.61. The number of halogens is 1. The number of benzene rings is 1. The van der Waals surface area contributed by atoms with Gasteiger partial charge in [-0.15, -0.1) is 0 Å². The fraction of sp³-hybridized carbons (Fsp3) is 0.500. The van der Waals surface area contributed by atoms with Gasteiger partial charge in [-0.3, -0.25) is 9.31 Å². The van der Waals surface area contributed by atoms with Crippen molar-refractivity contribution in [3.8, 4) is 0 Å². The molecule has 0 bridgehead atoms. The summed E-state index contributed by atoms with van der Waals surface area (Å²) in [7, 11) is -1.02. The van der Waals surface area contributed by atoms with E-state index in [2.05, 4.69) is 20.8 Å². The Balaban J connectivity index is 1.38. The van der Waals surface area contributed by atoms with E-state index >= 15 is 0 Å². The molecule has 2 heterocycles. The van der Waals surface area contributed by atoms with Crippen molar-refractivity contribution in [2.24, 2.45) is 0 Å². The van der Waals surface area contributed by atoms with Gasteiger partial charge in [0.15, 0.2) is 11.6 Å². The molecule has 1 unspecified atom stereocenters. The molecular weight excluding hydrogens is 395 g/mol. The fourth-order valence-electron chi connectivity index (χ4n) is 3.93. The van der Waals surface area contributed by atoms with Gasteiger partial charge in [-0.05, 0) is 44.7 Å². The molecule has 1 saturated carbocycles. The Hall–Kier alpha value is -2.42. The van der Waals surface area contributed by atoms with Crippen molar-refractivity contribution in [2.75, 3.05) is 5.32 Å². The summed E-state index contributed by atoms with van der Waals surface area (Å²) in [6.45, 7) is 3.78. The van der Waals surface area contributed by atoms with Crippen LogP contribution in [0.25, 0.3) is 0 Å². The summed E-state index contributed by atoms with van der Waals surface area (Å²) < 4.78 is 31.9. The van der Waals surface area contributed by atoms with E-state index in [1.54, 1.807) is 6.07 Å². The van der Waals surface area contributed by atoms with Gasteiger partial charge in [-0.1, -0.05) is 6.07 Å². The van der Waals surface area contributed by atoms with Crippen molar-refractivity contribution in [1.29, 1.82) is 0 Å². The number of amides is 1. The number of alkyl carbamates (subject to hydrolysis) is 1. The van der Waals surface area contributed by atoms with Crippen LogP contribution in [0, 0.1) is 5.82 Å². The van der Waals surface area contributed by atoms with Crippen LogP contribution >= 0.6 is 0 Å². The van der Waals surface area contributed by atoms with Crippen LogP contribution in [-0.4, -0.2) is 32.6 Å². The Bertz CT molecular complexity index is 946. The van der Waals surface area contributed by atoms with E-state index in [0.29, 0.717) is 22.8 Å². The minimum Gasteiger partial charge on any atom is -0.446 e. The average molecular weight is 421 g/mol. The third-order valence-electron chi connectivity index (χ3n) is 5.33. The van der Waals surface area contributed by atoms with Gasteiger partial charge in [0.25, 0.3) is 0 Å². The highest BCUT2D eigenvalue weighted by atomic mass is 32.2. The number of nitrogens with one attached hydrogen (secondary N) is 3. The molecule has 3 atom stereocenters. The smallest absolute Gasteiger partial charge is 0.407 e. The van der Waals surface area contributed by atoms with Gasteiger partial charge in [0, 0.05) is 45.8 Å². The molecule has 2 aliphatic rings.